The Labute approximate surface area is 247 Å². The zero-order chi connectivity index (χ0) is 30.6. The number of alkyl halides is 3. The largest absolute Gasteiger partial charge is 0.416 e. The molecule has 218 valence electrons. The molecule has 42 heavy (non-hydrogen) atoms. The van der Waals surface area contributed by atoms with E-state index in [0.717, 1.165) is 28.8 Å². The monoisotopic (exact) mass is 661 g/mol. The number of sulfonamides is 1. The van der Waals surface area contributed by atoms with Gasteiger partial charge in [-0.1, -0.05) is 29.3 Å². The van der Waals surface area contributed by atoms with Crippen molar-refractivity contribution < 1.29 is 35.2 Å². The number of nitrogens with one attached hydrogen (secondary N) is 2. The van der Waals surface area contributed by atoms with Gasteiger partial charge < -0.3 is 9.55 Å². The molecule has 0 bridgehead atoms. The van der Waals surface area contributed by atoms with E-state index in [1.807, 2.05) is 4.72 Å². The molecule has 5 aromatic rings. The predicted molar refractivity (Wildman–Crippen MR) is 147 cm³/mol. The van der Waals surface area contributed by atoms with Crippen LogP contribution in [0.25, 0.3) is 22.0 Å². The lowest BCUT2D eigenvalue weighted by atomic mass is 10.0. The van der Waals surface area contributed by atoms with Crippen LogP contribution in [0, 0.1) is 11.6 Å². The number of thiophene rings is 1. The van der Waals surface area contributed by atoms with Gasteiger partial charge in [0.15, 0.2) is 0 Å². The zero-order valence-electron chi connectivity index (χ0n) is 20.5. The highest BCUT2D eigenvalue weighted by molar-refractivity contribution is 7.92. The summed E-state index contributed by atoms with van der Waals surface area (Å²) in [6.07, 6.45) is -3.59. The Morgan fingerprint density at radius 3 is 2.40 bits per heavy atom. The van der Waals surface area contributed by atoms with Crippen molar-refractivity contribution in [3.63, 3.8) is 0 Å². The fourth-order valence-corrected chi connectivity index (χ4v) is 7.16. The van der Waals surface area contributed by atoms with E-state index >= 15 is 0 Å². The van der Waals surface area contributed by atoms with Gasteiger partial charge in [0, 0.05) is 39.9 Å². The predicted octanol–water partition coefficient (Wildman–Crippen LogP) is 6.83. The van der Waals surface area contributed by atoms with Gasteiger partial charge in [0.1, 0.15) is 25.9 Å². The minimum atomic E-state index is -4.83. The lowest BCUT2D eigenvalue weighted by molar-refractivity contribution is -0.137. The molecule has 0 unspecified atom stereocenters. The van der Waals surface area contributed by atoms with Gasteiger partial charge in [-0.3, -0.25) is 9.59 Å². The number of hydrogen-bond acceptors (Lipinski definition) is 5. The standard InChI is InChI=1S/C26H14Cl2F5N3O4S2/c27-17-10-20(41-23(17)28)42(39,40)35-25(38)22-21(15-2-1-7-34-24(15)37)16-8-13(26(31,32)33)4-6-19(16)36(22)11-12-3-5-14(29)9-18(12)30/h1-10H,11H2,(H,34,37)(H,35,38). The number of pyridine rings is 1. The van der Waals surface area contributed by atoms with E-state index in [4.69, 9.17) is 23.2 Å². The number of fused-ring (bicyclic) bond motifs is 1. The number of hydrogen-bond donors (Lipinski definition) is 2. The first-order valence-corrected chi connectivity index (χ1v) is 14.6. The first kappa shape index (κ1) is 29.8. The molecule has 0 saturated heterocycles. The molecule has 5 rings (SSSR count). The molecular formula is C26H14Cl2F5N3O4S2. The summed E-state index contributed by atoms with van der Waals surface area (Å²) in [7, 11) is -4.64. The van der Waals surface area contributed by atoms with E-state index in [2.05, 4.69) is 4.98 Å². The van der Waals surface area contributed by atoms with Crippen LogP contribution < -0.4 is 10.3 Å². The van der Waals surface area contributed by atoms with E-state index in [1.165, 1.54) is 18.3 Å². The molecule has 3 heterocycles. The normalized spacial score (nSPS) is 12.2. The summed E-state index contributed by atoms with van der Waals surface area (Å²) in [5.74, 6) is -3.30. The van der Waals surface area contributed by atoms with Crippen molar-refractivity contribution in [1.82, 2.24) is 14.3 Å². The second-order valence-electron chi connectivity index (χ2n) is 8.81. The molecule has 16 heteroatoms. The van der Waals surface area contributed by atoms with Gasteiger partial charge >= 0.3 is 6.18 Å². The van der Waals surface area contributed by atoms with Crippen LogP contribution in [-0.4, -0.2) is 23.9 Å². The quantitative estimate of drug-likeness (QED) is 0.195. The van der Waals surface area contributed by atoms with E-state index < -0.39 is 61.3 Å². The number of aromatic nitrogens is 2. The Bertz CT molecular complexity index is 2030. The number of rotatable bonds is 6. The van der Waals surface area contributed by atoms with E-state index in [9.17, 15) is 40.0 Å². The molecule has 0 spiro atoms. The fraction of sp³-hybridized carbons (Fsp3) is 0.0769. The van der Waals surface area contributed by atoms with Gasteiger partial charge in [-0.05, 0) is 42.5 Å². The molecule has 0 aliphatic carbocycles. The zero-order valence-corrected chi connectivity index (χ0v) is 23.7. The van der Waals surface area contributed by atoms with Crippen LogP contribution in [0.2, 0.25) is 9.36 Å². The molecule has 0 radical (unpaired) electrons. The van der Waals surface area contributed by atoms with Gasteiger partial charge in [0.05, 0.1) is 17.1 Å². The maximum atomic E-state index is 14.7. The number of carbonyl (C=O) groups excluding carboxylic acids is 1. The molecule has 0 aliphatic rings. The van der Waals surface area contributed by atoms with E-state index in [1.54, 1.807) is 0 Å². The second kappa shape index (κ2) is 10.8. The summed E-state index contributed by atoms with van der Waals surface area (Å²) in [4.78, 5) is 29.0. The van der Waals surface area contributed by atoms with Crippen LogP contribution in [0.5, 0.6) is 0 Å². The number of halogens is 7. The van der Waals surface area contributed by atoms with Gasteiger partial charge in [0.2, 0.25) is 0 Å². The highest BCUT2D eigenvalue weighted by atomic mass is 35.5. The van der Waals surface area contributed by atoms with Crippen molar-refractivity contribution in [3.05, 3.63) is 109 Å². The lowest BCUT2D eigenvalue weighted by Gasteiger charge is -2.13. The van der Waals surface area contributed by atoms with Gasteiger partial charge in [-0.15, -0.1) is 11.3 Å². The molecule has 2 aromatic carbocycles. The molecule has 0 saturated carbocycles. The number of H-pyrrole nitrogens is 1. The number of amides is 1. The average molecular weight is 662 g/mol. The molecule has 3 aromatic heterocycles. The molecular weight excluding hydrogens is 648 g/mol. The summed E-state index contributed by atoms with van der Waals surface area (Å²) in [6, 6.07) is 8.54. The third kappa shape index (κ3) is 5.54. The molecule has 2 N–H and O–H groups in total. The Hall–Kier alpha value is -3.72. The first-order chi connectivity index (χ1) is 19.7. The summed E-state index contributed by atoms with van der Waals surface area (Å²) in [6.45, 7) is -0.557. The minimum absolute atomic E-state index is 0.0743. The molecule has 0 aliphatic heterocycles. The highest BCUT2D eigenvalue weighted by Crippen LogP contribution is 2.39. The lowest BCUT2D eigenvalue weighted by Crippen LogP contribution is -2.32. The number of aromatic amines is 1. The maximum absolute atomic E-state index is 14.7. The van der Waals surface area contributed by atoms with Crippen molar-refractivity contribution in [1.29, 1.82) is 0 Å². The molecule has 7 nitrogen and oxygen atoms in total. The average Bonchev–Trinajstić information content (AvgIpc) is 3.42. The number of carbonyl (C=O) groups is 1. The van der Waals surface area contributed by atoms with Crippen LogP contribution >= 0.6 is 34.5 Å². The summed E-state index contributed by atoms with van der Waals surface area (Å²) < 4.78 is 98.1. The number of nitrogens with zero attached hydrogens (tertiary/aromatic N) is 1. The molecule has 0 fully saturated rings. The second-order valence-corrected chi connectivity index (χ2v) is 12.8. The number of benzene rings is 2. The smallest absolute Gasteiger partial charge is 0.331 e. The van der Waals surface area contributed by atoms with Crippen LogP contribution in [-0.2, 0) is 22.7 Å². The first-order valence-electron chi connectivity index (χ1n) is 11.5. The van der Waals surface area contributed by atoms with Crippen LogP contribution in [0.4, 0.5) is 22.0 Å². The third-order valence-corrected chi connectivity index (χ3v) is 9.82. The fourth-order valence-electron chi connectivity index (χ4n) is 4.32. The third-order valence-electron chi connectivity index (χ3n) is 6.15. The highest BCUT2D eigenvalue weighted by Gasteiger charge is 2.34. The summed E-state index contributed by atoms with van der Waals surface area (Å²) in [5.41, 5.74) is -3.40. The van der Waals surface area contributed by atoms with Crippen molar-refractivity contribution >= 4 is 61.4 Å². The van der Waals surface area contributed by atoms with Crippen molar-refractivity contribution in [2.75, 3.05) is 0 Å². The Morgan fingerprint density at radius 1 is 1.05 bits per heavy atom. The maximum Gasteiger partial charge on any atom is 0.416 e. The Balaban J connectivity index is 1.82. The van der Waals surface area contributed by atoms with Gasteiger partial charge in [-0.25, -0.2) is 21.9 Å². The Morgan fingerprint density at radius 2 is 1.79 bits per heavy atom. The minimum Gasteiger partial charge on any atom is -0.331 e. The van der Waals surface area contributed by atoms with E-state index in [-0.39, 0.29) is 37.0 Å². The van der Waals surface area contributed by atoms with Gasteiger partial charge in [0.25, 0.3) is 21.5 Å². The van der Waals surface area contributed by atoms with Gasteiger partial charge in [-0.2, -0.15) is 13.2 Å². The van der Waals surface area contributed by atoms with Crippen LogP contribution in [0.1, 0.15) is 21.6 Å². The van der Waals surface area contributed by atoms with Crippen molar-refractivity contribution in [2.24, 2.45) is 0 Å². The van der Waals surface area contributed by atoms with Crippen molar-refractivity contribution in [2.45, 2.75) is 16.9 Å². The van der Waals surface area contributed by atoms with E-state index in [0.29, 0.717) is 29.5 Å². The van der Waals surface area contributed by atoms with Crippen LogP contribution in [0.15, 0.2) is 69.8 Å². The van der Waals surface area contributed by atoms with Crippen molar-refractivity contribution in [3.8, 4) is 11.1 Å². The summed E-state index contributed by atoms with van der Waals surface area (Å²) in [5, 5.41) is -0.361. The Kier molecular flexibility index (Phi) is 7.68. The van der Waals surface area contributed by atoms with Crippen LogP contribution in [0.3, 0.4) is 0 Å². The SMILES string of the molecule is O=C(NS(=O)(=O)c1cc(Cl)c(Cl)s1)c1c(-c2ccc[nH]c2=O)c2cc(C(F)(F)F)ccc2n1Cc1ccc(F)cc1F. The molecule has 1 amide bonds. The molecule has 0 atom stereocenters. The topological polar surface area (TPSA) is 101 Å². The summed E-state index contributed by atoms with van der Waals surface area (Å²) >= 11 is 12.3.